The Morgan fingerprint density at radius 2 is 2.04 bits per heavy atom. The van der Waals surface area contributed by atoms with Crippen LogP contribution in [0.15, 0.2) is 42.9 Å². The van der Waals surface area contributed by atoms with E-state index in [1.165, 1.54) is 0 Å². The lowest BCUT2D eigenvalue weighted by molar-refractivity contribution is -0.120. The zero-order valence-corrected chi connectivity index (χ0v) is 14.0. The molecule has 0 saturated carbocycles. The zero-order chi connectivity index (χ0) is 17.2. The van der Waals surface area contributed by atoms with Gasteiger partial charge in [-0.05, 0) is 36.6 Å². The molecule has 1 saturated heterocycles. The van der Waals surface area contributed by atoms with Crippen molar-refractivity contribution in [2.24, 2.45) is 5.92 Å². The van der Waals surface area contributed by atoms with E-state index >= 15 is 0 Å². The van der Waals surface area contributed by atoms with Crippen LogP contribution in [0.4, 0.5) is 5.95 Å². The third-order valence-corrected chi connectivity index (χ3v) is 4.50. The molecule has 25 heavy (non-hydrogen) atoms. The van der Waals surface area contributed by atoms with Crippen molar-refractivity contribution >= 4 is 23.5 Å². The van der Waals surface area contributed by atoms with Crippen molar-refractivity contribution in [3.8, 4) is 11.4 Å². The SMILES string of the molecule is O=C1C(Cc2ccc(Cl)nc2)CCN1c1nnc(-c2ccncc2)[nH]1. The number of nitrogens with one attached hydrogen (secondary N) is 1. The number of carbonyl (C=O) groups is 1. The second kappa shape index (κ2) is 6.60. The molecule has 4 heterocycles. The Morgan fingerprint density at radius 3 is 2.80 bits per heavy atom. The van der Waals surface area contributed by atoms with E-state index in [-0.39, 0.29) is 11.8 Å². The number of carbonyl (C=O) groups excluding carboxylic acids is 1. The van der Waals surface area contributed by atoms with Crippen molar-refractivity contribution in [1.82, 2.24) is 25.1 Å². The van der Waals surface area contributed by atoms with Crippen molar-refractivity contribution in [2.75, 3.05) is 11.4 Å². The summed E-state index contributed by atoms with van der Waals surface area (Å²) in [5.74, 6) is 1.06. The summed E-state index contributed by atoms with van der Waals surface area (Å²) in [7, 11) is 0. The Hall–Kier alpha value is -2.80. The molecule has 1 atom stereocenters. The van der Waals surface area contributed by atoms with Crippen LogP contribution in [-0.2, 0) is 11.2 Å². The maximum Gasteiger partial charge on any atom is 0.232 e. The van der Waals surface area contributed by atoms with E-state index in [0.717, 1.165) is 17.5 Å². The molecule has 1 unspecified atom stereocenters. The summed E-state index contributed by atoms with van der Waals surface area (Å²) >= 11 is 5.80. The van der Waals surface area contributed by atoms with Gasteiger partial charge in [-0.3, -0.25) is 14.7 Å². The van der Waals surface area contributed by atoms with E-state index in [0.29, 0.717) is 29.9 Å². The highest BCUT2D eigenvalue weighted by molar-refractivity contribution is 6.29. The Morgan fingerprint density at radius 1 is 1.20 bits per heavy atom. The molecule has 1 aliphatic rings. The molecule has 1 aliphatic heterocycles. The molecule has 0 aromatic carbocycles. The Bertz CT molecular complexity index is 880. The number of pyridine rings is 2. The number of rotatable bonds is 4. The number of hydrogen-bond donors (Lipinski definition) is 1. The molecular weight excluding hydrogens is 340 g/mol. The van der Waals surface area contributed by atoms with Crippen LogP contribution in [0.2, 0.25) is 5.15 Å². The number of aromatic amines is 1. The number of H-pyrrole nitrogens is 1. The minimum atomic E-state index is -0.0857. The predicted octanol–water partition coefficient (Wildman–Crippen LogP) is 2.51. The maximum atomic E-state index is 12.7. The molecule has 4 rings (SSSR count). The van der Waals surface area contributed by atoms with E-state index in [1.807, 2.05) is 18.2 Å². The highest BCUT2D eigenvalue weighted by atomic mass is 35.5. The summed E-state index contributed by atoms with van der Waals surface area (Å²) in [6.45, 7) is 0.621. The molecule has 0 aliphatic carbocycles. The summed E-state index contributed by atoms with van der Waals surface area (Å²) in [5, 5.41) is 8.71. The minimum Gasteiger partial charge on any atom is -0.307 e. The van der Waals surface area contributed by atoms with Crippen LogP contribution >= 0.6 is 11.6 Å². The van der Waals surface area contributed by atoms with Crippen LogP contribution in [0, 0.1) is 5.92 Å². The summed E-state index contributed by atoms with van der Waals surface area (Å²) in [4.78, 5) is 25.5. The highest BCUT2D eigenvalue weighted by Gasteiger charge is 2.34. The molecule has 0 spiro atoms. The summed E-state index contributed by atoms with van der Waals surface area (Å²) in [5.41, 5.74) is 1.88. The first kappa shape index (κ1) is 15.7. The average molecular weight is 355 g/mol. The first-order valence-corrected chi connectivity index (χ1v) is 8.33. The van der Waals surface area contributed by atoms with E-state index in [1.54, 1.807) is 29.6 Å². The number of anilines is 1. The number of amides is 1. The lowest BCUT2D eigenvalue weighted by atomic mass is 9.99. The van der Waals surface area contributed by atoms with Gasteiger partial charge in [0, 0.05) is 36.6 Å². The van der Waals surface area contributed by atoms with Crippen LogP contribution < -0.4 is 4.90 Å². The van der Waals surface area contributed by atoms with Crippen LogP contribution in [0.1, 0.15) is 12.0 Å². The smallest absolute Gasteiger partial charge is 0.232 e. The van der Waals surface area contributed by atoms with E-state index < -0.39 is 0 Å². The molecule has 3 aromatic rings. The van der Waals surface area contributed by atoms with Gasteiger partial charge in [0.2, 0.25) is 11.9 Å². The van der Waals surface area contributed by atoms with Crippen molar-refractivity contribution in [3.63, 3.8) is 0 Å². The van der Waals surface area contributed by atoms with Gasteiger partial charge in [0.15, 0.2) is 5.82 Å². The molecule has 8 heteroatoms. The first-order chi connectivity index (χ1) is 12.2. The largest absolute Gasteiger partial charge is 0.307 e. The fourth-order valence-electron chi connectivity index (χ4n) is 2.96. The molecule has 0 bridgehead atoms. The van der Waals surface area contributed by atoms with E-state index in [2.05, 4.69) is 25.1 Å². The number of hydrogen-bond acceptors (Lipinski definition) is 5. The van der Waals surface area contributed by atoms with Gasteiger partial charge in [0.1, 0.15) is 5.15 Å². The molecule has 1 N–H and O–H groups in total. The van der Waals surface area contributed by atoms with Gasteiger partial charge in [-0.2, -0.15) is 0 Å². The third kappa shape index (κ3) is 3.23. The topological polar surface area (TPSA) is 87.7 Å². The van der Waals surface area contributed by atoms with Gasteiger partial charge >= 0.3 is 0 Å². The number of aromatic nitrogens is 5. The van der Waals surface area contributed by atoms with Gasteiger partial charge in [-0.25, -0.2) is 4.98 Å². The van der Waals surface area contributed by atoms with Gasteiger partial charge in [-0.15, -0.1) is 10.2 Å². The van der Waals surface area contributed by atoms with Crippen LogP contribution in [-0.4, -0.2) is 37.6 Å². The third-order valence-electron chi connectivity index (χ3n) is 4.27. The van der Waals surface area contributed by atoms with Crippen molar-refractivity contribution in [1.29, 1.82) is 0 Å². The quantitative estimate of drug-likeness (QED) is 0.727. The predicted molar refractivity (Wildman–Crippen MR) is 93.0 cm³/mol. The summed E-state index contributed by atoms with van der Waals surface area (Å²) in [6.07, 6.45) is 6.51. The Balaban J connectivity index is 1.48. The second-order valence-electron chi connectivity index (χ2n) is 5.90. The number of nitrogens with zero attached hydrogens (tertiary/aromatic N) is 5. The normalized spacial score (nSPS) is 17.2. The van der Waals surface area contributed by atoms with Crippen LogP contribution in [0.25, 0.3) is 11.4 Å². The monoisotopic (exact) mass is 354 g/mol. The Labute approximate surface area is 149 Å². The van der Waals surface area contributed by atoms with Crippen molar-refractivity contribution in [2.45, 2.75) is 12.8 Å². The summed E-state index contributed by atoms with van der Waals surface area (Å²) in [6, 6.07) is 7.33. The minimum absolute atomic E-state index is 0.0485. The van der Waals surface area contributed by atoms with E-state index in [9.17, 15) is 4.79 Å². The lowest BCUT2D eigenvalue weighted by Crippen LogP contribution is -2.28. The maximum absolute atomic E-state index is 12.7. The Kier molecular flexibility index (Phi) is 4.15. The molecule has 1 fully saturated rings. The van der Waals surface area contributed by atoms with Gasteiger partial charge in [0.25, 0.3) is 0 Å². The molecule has 7 nitrogen and oxygen atoms in total. The van der Waals surface area contributed by atoms with Gasteiger partial charge in [0.05, 0.1) is 0 Å². The fourth-order valence-corrected chi connectivity index (χ4v) is 3.08. The molecule has 1 amide bonds. The first-order valence-electron chi connectivity index (χ1n) is 7.95. The van der Waals surface area contributed by atoms with E-state index in [4.69, 9.17) is 11.6 Å². The summed E-state index contributed by atoms with van der Waals surface area (Å²) < 4.78 is 0. The average Bonchev–Trinajstić information content (AvgIpc) is 3.25. The standard InChI is InChI=1S/C17H15ClN6O/c18-14-2-1-11(10-20-14)9-13-5-8-24(16(13)25)17-21-15(22-23-17)12-3-6-19-7-4-12/h1-4,6-7,10,13H,5,8-9H2,(H,21,22,23). The van der Waals surface area contributed by atoms with Gasteiger partial charge in [-0.1, -0.05) is 17.7 Å². The van der Waals surface area contributed by atoms with Crippen molar-refractivity contribution in [3.05, 3.63) is 53.6 Å². The van der Waals surface area contributed by atoms with Gasteiger partial charge < -0.3 is 4.98 Å². The molecule has 126 valence electrons. The second-order valence-corrected chi connectivity index (χ2v) is 6.29. The molecular formula is C17H15ClN6O. The fraction of sp³-hybridized carbons (Fsp3) is 0.235. The van der Waals surface area contributed by atoms with Crippen LogP contribution in [0.5, 0.6) is 0 Å². The highest BCUT2D eigenvalue weighted by Crippen LogP contribution is 2.26. The zero-order valence-electron chi connectivity index (χ0n) is 13.3. The lowest BCUT2D eigenvalue weighted by Gasteiger charge is -2.12. The number of halogens is 1. The molecule has 3 aromatic heterocycles. The van der Waals surface area contributed by atoms with Crippen LogP contribution in [0.3, 0.4) is 0 Å². The molecule has 0 radical (unpaired) electrons. The van der Waals surface area contributed by atoms with Crippen molar-refractivity contribution < 1.29 is 4.79 Å².